The van der Waals surface area contributed by atoms with Gasteiger partial charge in [0.25, 0.3) is 0 Å². The molecule has 2 aromatic rings. The molecule has 0 atom stereocenters. The average Bonchev–Trinajstić information content (AvgIpc) is 2.90. The van der Waals surface area contributed by atoms with Gasteiger partial charge in [0.1, 0.15) is 23.1 Å². The molecule has 0 bridgehead atoms. The lowest BCUT2D eigenvalue weighted by molar-refractivity contribution is -0.133. The van der Waals surface area contributed by atoms with Gasteiger partial charge in [-0.2, -0.15) is 10.4 Å². The van der Waals surface area contributed by atoms with Crippen LogP contribution in [0, 0.1) is 11.3 Å². The molecule has 2 N–H and O–H groups in total. The Morgan fingerprint density at radius 3 is 2.48 bits per heavy atom. The fraction of sp³-hybridized carbons (Fsp3) is 0.235. The van der Waals surface area contributed by atoms with E-state index in [1.165, 1.54) is 7.11 Å². The molecule has 0 saturated carbocycles. The van der Waals surface area contributed by atoms with Gasteiger partial charge >= 0.3 is 5.97 Å². The van der Waals surface area contributed by atoms with Crippen molar-refractivity contribution in [2.75, 3.05) is 12.8 Å². The predicted octanol–water partition coefficient (Wildman–Crippen LogP) is 2.77. The standard InChI is InChI=1S/C17H18N4O2/c1-10(2)21-16(19)14(9-18)15(20-21)13-7-5-12(6-8-13)11(3)17(22)23-4/h5-8,10H,3,19H2,1-2,4H3. The minimum Gasteiger partial charge on any atom is -0.465 e. The number of methoxy groups -OCH3 is 1. The number of nitrogens with two attached hydrogens (primary N) is 1. The molecule has 1 aromatic carbocycles. The zero-order valence-corrected chi connectivity index (χ0v) is 13.3. The van der Waals surface area contributed by atoms with E-state index >= 15 is 0 Å². The Hall–Kier alpha value is -3.07. The molecule has 2 rings (SSSR count). The quantitative estimate of drug-likeness (QED) is 0.692. The summed E-state index contributed by atoms with van der Waals surface area (Å²) in [6, 6.07) is 9.17. The van der Waals surface area contributed by atoms with Crippen LogP contribution in [0.4, 0.5) is 5.82 Å². The normalized spacial score (nSPS) is 10.4. The molecule has 1 aromatic heterocycles. The number of carbonyl (C=O) groups excluding carboxylic acids is 1. The molecule has 118 valence electrons. The summed E-state index contributed by atoms with van der Waals surface area (Å²) in [4.78, 5) is 11.5. The van der Waals surface area contributed by atoms with Crippen LogP contribution in [0.25, 0.3) is 16.8 Å². The van der Waals surface area contributed by atoms with Crippen molar-refractivity contribution in [3.8, 4) is 17.3 Å². The fourth-order valence-corrected chi connectivity index (χ4v) is 2.22. The van der Waals surface area contributed by atoms with E-state index in [9.17, 15) is 10.1 Å². The molecule has 0 radical (unpaired) electrons. The zero-order valence-electron chi connectivity index (χ0n) is 13.3. The van der Waals surface area contributed by atoms with Crippen molar-refractivity contribution in [2.45, 2.75) is 19.9 Å². The predicted molar refractivity (Wildman–Crippen MR) is 88.2 cm³/mol. The van der Waals surface area contributed by atoms with Gasteiger partial charge in [0.2, 0.25) is 0 Å². The Labute approximate surface area is 134 Å². The van der Waals surface area contributed by atoms with Crippen LogP contribution in [-0.2, 0) is 9.53 Å². The first-order chi connectivity index (χ1) is 10.9. The van der Waals surface area contributed by atoms with Gasteiger partial charge in [-0.05, 0) is 19.4 Å². The number of ether oxygens (including phenoxy) is 1. The second-order valence-corrected chi connectivity index (χ2v) is 5.31. The highest BCUT2D eigenvalue weighted by Crippen LogP contribution is 2.29. The van der Waals surface area contributed by atoms with E-state index in [2.05, 4.69) is 22.5 Å². The van der Waals surface area contributed by atoms with Crippen LogP contribution >= 0.6 is 0 Å². The van der Waals surface area contributed by atoms with Crippen molar-refractivity contribution >= 4 is 17.4 Å². The van der Waals surface area contributed by atoms with E-state index in [0.717, 1.165) is 5.56 Å². The molecule has 0 aliphatic heterocycles. The average molecular weight is 310 g/mol. The number of nitriles is 1. The van der Waals surface area contributed by atoms with Crippen LogP contribution in [0.5, 0.6) is 0 Å². The highest BCUT2D eigenvalue weighted by Gasteiger charge is 2.19. The second-order valence-electron chi connectivity index (χ2n) is 5.31. The SMILES string of the molecule is C=C(C(=O)OC)c1ccc(-c2nn(C(C)C)c(N)c2C#N)cc1. The Morgan fingerprint density at radius 2 is 2.00 bits per heavy atom. The number of carbonyl (C=O) groups is 1. The van der Waals surface area contributed by atoms with Gasteiger partial charge in [-0.25, -0.2) is 9.48 Å². The lowest BCUT2D eigenvalue weighted by Gasteiger charge is -2.06. The van der Waals surface area contributed by atoms with E-state index in [1.54, 1.807) is 28.9 Å². The minimum absolute atomic E-state index is 0.0502. The molecule has 0 fully saturated rings. The maximum atomic E-state index is 11.5. The van der Waals surface area contributed by atoms with Crippen molar-refractivity contribution in [1.29, 1.82) is 5.26 Å². The highest BCUT2D eigenvalue weighted by molar-refractivity contribution is 6.15. The lowest BCUT2D eigenvalue weighted by Crippen LogP contribution is -2.07. The number of nitrogen functional groups attached to an aromatic ring is 1. The topological polar surface area (TPSA) is 93.9 Å². The molecule has 0 spiro atoms. The van der Waals surface area contributed by atoms with Gasteiger partial charge < -0.3 is 10.5 Å². The first kappa shape index (κ1) is 16.3. The first-order valence-corrected chi connectivity index (χ1v) is 7.06. The van der Waals surface area contributed by atoms with Crippen LogP contribution in [-0.4, -0.2) is 22.9 Å². The Morgan fingerprint density at radius 1 is 1.39 bits per heavy atom. The largest absolute Gasteiger partial charge is 0.465 e. The number of benzene rings is 1. The summed E-state index contributed by atoms with van der Waals surface area (Å²) in [5.74, 6) is -0.135. The first-order valence-electron chi connectivity index (χ1n) is 7.06. The molecule has 1 heterocycles. The summed E-state index contributed by atoms with van der Waals surface area (Å²) in [7, 11) is 1.31. The summed E-state index contributed by atoms with van der Waals surface area (Å²) in [6.45, 7) is 7.59. The summed E-state index contributed by atoms with van der Waals surface area (Å²) in [5, 5.41) is 13.8. The van der Waals surface area contributed by atoms with Gasteiger partial charge in [-0.15, -0.1) is 0 Å². The zero-order chi connectivity index (χ0) is 17.1. The molecule has 0 aliphatic rings. The number of anilines is 1. The third kappa shape index (κ3) is 2.94. The Balaban J connectivity index is 2.45. The molecule has 0 saturated heterocycles. The van der Waals surface area contributed by atoms with E-state index in [-0.39, 0.29) is 11.6 Å². The smallest absolute Gasteiger partial charge is 0.337 e. The van der Waals surface area contributed by atoms with E-state index in [4.69, 9.17) is 5.73 Å². The summed E-state index contributed by atoms with van der Waals surface area (Å²) in [5.41, 5.74) is 8.52. The highest BCUT2D eigenvalue weighted by atomic mass is 16.5. The van der Waals surface area contributed by atoms with Crippen molar-refractivity contribution in [3.05, 3.63) is 42.0 Å². The van der Waals surface area contributed by atoms with E-state index in [0.29, 0.717) is 22.6 Å². The van der Waals surface area contributed by atoms with Crippen molar-refractivity contribution in [2.24, 2.45) is 0 Å². The Bertz CT molecular complexity index is 795. The van der Waals surface area contributed by atoms with Crippen molar-refractivity contribution in [1.82, 2.24) is 9.78 Å². The number of rotatable bonds is 4. The van der Waals surface area contributed by atoms with E-state index < -0.39 is 5.97 Å². The molecule has 23 heavy (non-hydrogen) atoms. The number of esters is 1. The number of aromatic nitrogens is 2. The third-order valence-electron chi connectivity index (χ3n) is 3.49. The molecule has 6 nitrogen and oxygen atoms in total. The van der Waals surface area contributed by atoms with Crippen LogP contribution in [0.2, 0.25) is 0 Å². The Kier molecular flexibility index (Phi) is 4.51. The third-order valence-corrected chi connectivity index (χ3v) is 3.49. The van der Waals surface area contributed by atoms with Crippen LogP contribution < -0.4 is 5.73 Å². The monoisotopic (exact) mass is 310 g/mol. The summed E-state index contributed by atoms with van der Waals surface area (Å²) < 4.78 is 6.27. The summed E-state index contributed by atoms with van der Waals surface area (Å²) >= 11 is 0. The molecule has 6 heteroatoms. The van der Waals surface area contributed by atoms with Crippen LogP contribution in [0.15, 0.2) is 30.8 Å². The van der Waals surface area contributed by atoms with Gasteiger partial charge in [0.15, 0.2) is 0 Å². The number of hydrogen-bond acceptors (Lipinski definition) is 5. The van der Waals surface area contributed by atoms with Gasteiger partial charge in [0, 0.05) is 11.6 Å². The fourth-order valence-electron chi connectivity index (χ4n) is 2.22. The molecular formula is C17H18N4O2. The molecular weight excluding hydrogens is 292 g/mol. The van der Waals surface area contributed by atoms with Crippen LogP contribution in [0.1, 0.15) is 31.0 Å². The number of nitrogens with zero attached hydrogens (tertiary/aromatic N) is 3. The molecule has 0 aliphatic carbocycles. The van der Waals surface area contributed by atoms with E-state index in [1.807, 2.05) is 13.8 Å². The van der Waals surface area contributed by atoms with Crippen molar-refractivity contribution in [3.63, 3.8) is 0 Å². The second kappa shape index (κ2) is 6.36. The summed E-state index contributed by atoms with van der Waals surface area (Å²) in [6.07, 6.45) is 0. The maximum absolute atomic E-state index is 11.5. The molecule has 0 unspecified atom stereocenters. The maximum Gasteiger partial charge on any atom is 0.337 e. The van der Waals surface area contributed by atoms with Gasteiger partial charge in [-0.1, -0.05) is 30.8 Å². The minimum atomic E-state index is -0.483. The van der Waals surface area contributed by atoms with Crippen LogP contribution in [0.3, 0.4) is 0 Å². The lowest BCUT2D eigenvalue weighted by atomic mass is 10.0. The van der Waals surface area contributed by atoms with Gasteiger partial charge in [0.05, 0.1) is 12.7 Å². The van der Waals surface area contributed by atoms with Gasteiger partial charge in [-0.3, -0.25) is 0 Å². The van der Waals surface area contributed by atoms with Crippen molar-refractivity contribution < 1.29 is 9.53 Å². The molecule has 0 amide bonds. The number of hydrogen-bond donors (Lipinski definition) is 1.